The van der Waals surface area contributed by atoms with Gasteiger partial charge in [-0.1, -0.05) is 0 Å². The van der Waals surface area contributed by atoms with Gasteiger partial charge in [-0.25, -0.2) is 0 Å². The lowest BCUT2D eigenvalue weighted by atomic mass is 9.98. The molecule has 2 fully saturated rings. The van der Waals surface area contributed by atoms with Gasteiger partial charge in [-0.3, -0.25) is 9.00 Å². The Balaban J connectivity index is 1.86. The molecule has 2 aliphatic heterocycles. The molecule has 0 saturated carbocycles. The van der Waals surface area contributed by atoms with Crippen LogP contribution in [0.4, 0.5) is 0 Å². The molecule has 0 aromatic carbocycles. The average Bonchev–Trinajstić information content (AvgIpc) is 2.30. The minimum Gasteiger partial charge on any atom is -0.341 e. The van der Waals surface area contributed by atoms with Crippen LogP contribution in [-0.2, 0) is 15.6 Å². The van der Waals surface area contributed by atoms with Crippen LogP contribution in [-0.4, -0.2) is 52.7 Å². The summed E-state index contributed by atoms with van der Waals surface area (Å²) in [5, 5.41) is 3.26. The Morgan fingerprint density at radius 1 is 1.33 bits per heavy atom. The first-order valence-electron chi connectivity index (χ1n) is 5.62. The van der Waals surface area contributed by atoms with Gasteiger partial charge in [0.15, 0.2) is 0 Å². The minimum absolute atomic E-state index is 0.158. The number of rotatable bonds is 1. The highest BCUT2D eigenvalue weighted by atomic mass is 32.2. The van der Waals surface area contributed by atoms with E-state index in [1.54, 1.807) is 0 Å². The zero-order valence-electron chi connectivity index (χ0n) is 8.91. The molecule has 0 aromatic rings. The van der Waals surface area contributed by atoms with Crippen molar-refractivity contribution >= 4 is 16.7 Å². The molecule has 1 N–H and O–H groups in total. The van der Waals surface area contributed by atoms with E-state index in [0.29, 0.717) is 24.6 Å². The van der Waals surface area contributed by atoms with Crippen molar-refractivity contribution in [2.75, 3.05) is 37.7 Å². The van der Waals surface area contributed by atoms with E-state index in [9.17, 15) is 9.00 Å². The first-order chi connectivity index (χ1) is 7.27. The number of nitrogens with zero attached hydrogens (tertiary/aromatic N) is 1. The molecule has 5 heteroatoms. The van der Waals surface area contributed by atoms with Gasteiger partial charge in [0.25, 0.3) is 0 Å². The Morgan fingerprint density at radius 3 is 2.67 bits per heavy atom. The third kappa shape index (κ3) is 2.78. The molecule has 15 heavy (non-hydrogen) atoms. The summed E-state index contributed by atoms with van der Waals surface area (Å²) in [7, 11) is -0.692. The molecule has 0 aromatic heterocycles. The molecule has 0 aliphatic carbocycles. The Labute approximate surface area is 92.9 Å². The molecule has 0 spiro atoms. The van der Waals surface area contributed by atoms with Gasteiger partial charge in [-0.2, -0.15) is 0 Å². The highest BCUT2D eigenvalue weighted by Gasteiger charge is 2.27. The van der Waals surface area contributed by atoms with E-state index in [1.807, 2.05) is 4.90 Å². The van der Waals surface area contributed by atoms with Gasteiger partial charge in [0.05, 0.1) is 5.92 Å². The summed E-state index contributed by atoms with van der Waals surface area (Å²) in [6.45, 7) is 3.22. The molecular formula is C10H18N2O2S. The van der Waals surface area contributed by atoms with E-state index < -0.39 is 10.8 Å². The SMILES string of the molecule is O=C(C1CCCNC1)N1CCS(=O)CC1. The van der Waals surface area contributed by atoms with Crippen molar-refractivity contribution in [3.05, 3.63) is 0 Å². The molecule has 0 bridgehead atoms. The molecule has 4 nitrogen and oxygen atoms in total. The topological polar surface area (TPSA) is 49.4 Å². The lowest BCUT2D eigenvalue weighted by molar-refractivity contribution is -0.135. The maximum atomic E-state index is 12.0. The van der Waals surface area contributed by atoms with Crippen LogP contribution in [0, 0.1) is 5.92 Å². The van der Waals surface area contributed by atoms with E-state index in [-0.39, 0.29) is 11.8 Å². The molecule has 2 heterocycles. The molecule has 86 valence electrons. The number of piperidine rings is 1. The van der Waals surface area contributed by atoms with E-state index in [2.05, 4.69) is 5.32 Å². The van der Waals surface area contributed by atoms with Gasteiger partial charge in [0.2, 0.25) is 5.91 Å². The summed E-state index contributed by atoms with van der Waals surface area (Å²) >= 11 is 0. The fourth-order valence-corrected chi connectivity index (χ4v) is 3.23. The van der Waals surface area contributed by atoms with Crippen LogP contribution < -0.4 is 5.32 Å². The van der Waals surface area contributed by atoms with Crippen molar-refractivity contribution in [3.8, 4) is 0 Å². The molecular weight excluding hydrogens is 212 g/mol. The van der Waals surface area contributed by atoms with Gasteiger partial charge in [0, 0.05) is 41.9 Å². The van der Waals surface area contributed by atoms with Crippen LogP contribution in [0.2, 0.25) is 0 Å². The quantitative estimate of drug-likeness (QED) is 0.665. The third-order valence-electron chi connectivity index (χ3n) is 3.14. The predicted molar refractivity (Wildman–Crippen MR) is 60.1 cm³/mol. The second-order valence-corrected chi connectivity index (χ2v) is 5.91. The fourth-order valence-electron chi connectivity index (χ4n) is 2.18. The summed E-state index contributed by atoms with van der Waals surface area (Å²) in [4.78, 5) is 13.9. The molecule has 2 rings (SSSR count). The molecule has 2 saturated heterocycles. The van der Waals surface area contributed by atoms with Crippen molar-refractivity contribution in [1.82, 2.24) is 10.2 Å². The second kappa shape index (κ2) is 5.07. The molecule has 1 unspecified atom stereocenters. The normalized spacial score (nSPS) is 29.1. The van der Waals surface area contributed by atoms with Gasteiger partial charge in [-0.05, 0) is 19.4 Å². The largest absolute Gasteiger partial charge is 0.341 e. The highest BCUT2D eigenvalue weighted by Crippen LogP contribution is 2.14. The number of nitrogens with one attached hydrogen (secondary N) is 1. The van der Waals surface area contributed by atoms with Gasteiger partial charge < -0.3 is 10.2 Å². The molecule has 1 atom stereocenters. The summed E-state index contributed by atoms with van der Waals surface area (Å²) in [5.74, 6) is 1.74. The average molecular weight is 230 g/mol. The summed E-state index contributed by atoms with van der Waals surface area (Å²) < 4.78 is 11.2. The Kier molecular flexibility index (Phi) is 3.75. The van der Waals surface area contributed by atoms with Gasteiger partial charge in [0.1, 0.15) is 0 Å². The number of carbonyl (C=O) groups is 1. The van der Waals surface area contributed by atoms with Crippen LogP contribution in [0.5, 0.6) is 0 Å². The van der Waals surface area contributed by atoms with Crippen molar-refractivity contribution in [1.29, 1.82) is 0 Å². The predicted octanol–water partition coefficient (Wildman–Crippen LogP) is -0.423. The van der Waals surface area contributed by atoms with E-state index in [1.165, 1.54) is 0 Å². The zero-order chi connectivity index (χ0) is 10.7. The van der Waals surface area contributed by atoms with Gasteiger partial charge >= 0.3 is 0 Å². The first kappa shape index (κ1) is 11.1. The Morgan fingerprint density at radius 2 is 2.07 bits per heavy atom. The lowest BCUT2D eigenvalue weighted by Gasteiger charge is -2.31. The summed E-state index contributed by atoms with van der Waals surface area (Å²) in [5.41, 5.74) is 0. The Hall–Kier alpha value is -0.420. The fraction of sp³-hybridized carbons (Fsp3) is 0.900. The maximum absolute atomic E-state index is 12.0. The summed E-state index contributed by atoms with van der Waals surface area (Å²) in [6, 6.07) is 0. The van der Waals surface area contributed by atoms with Crippen LogP contribution in [0.25, 0.3) is 0 Å². The van der Waals surface area contributed by atoms with E-state index >= 15 is 0 Å². The minimum atomic E-state index is -0.692. The molecule has 0 radical (unpaired) electrons. The van der Waals surface area contributed by atoms with Crippen LogP contribution in [0.15, 0.2) is 0 Å². The van der Waals surface area contributed by atoms with Gasteiger partial charge in [-0.15, -0.1) is 0 Å². The van der Waals surface area contributed by atoms with Crippen molar-refractivity contribution < 1.29 is 9.00 Å². The van der Waals surface area contributed by atoms with Crippen LogP contribution in [0.1, 0.15) is 12.8 Å². The second-order valence-electron chi connectivity index (χ2n) is 4.22. The zero-order valence-corrected chi connectivity index (χ0v) is 9.72. The van der Waals surface area contributed by atoms with Crippen LogP contribution in [0.3, 0.4) is 0 Å². The lowest BCUT2D eigenvalue weighted by Crippen LogP contribution is -2.47. The Bertz CT molecular complexity index is 254. The number of hydrogen-bond acceptors (Lipinski definition) is 3. The number of hydrogen-bond donors (Lipinski definition) is 1. The van der Waals surface area contributed by atoms with E-state index in [4.69, 9.17) is 0 Å². The van der Waals surface area contributed by atoms with Crippen molar-refractivity contribution in [2.45, 2.75) is 12.8 Å². The standard InChI is InChI=1S/C10H18N2O2S/c13-10(9-2-1-3-11-8-9)12-4-6-15(14)7-5-12/h9,11H,1-8H2. The molecule has 2 aliphatic rings. The first-order valence-corrected chi connectivity index (χ1v) is 7.10. The summed E-state index contributed by atoms with van der Waals surface area (Å²) in [6.07, 6.45) is 2.10. The van der Waals surface area contributed by atoms with Crippen molar-refractivity contribution in [2.24, 2.45) is 5.92 Å². The number of amides is 1. The third-order valence-corrected chi connectivity index (χ3v) is 4.41. The highest BCUT2D eigenvalue weighted by molar-refractivity contribution is 7.85. The molecule has 1 amide bonds. The van der Waals surface area contributed by atoms with Crippen LogP contribution >= 0.6 is 0 Å². The van der Waals surface area contributed by atoms with Crippen molar-refractivity contribution in [3.63, 3.8) is 0 Å². The van der Waals surface area contributed by atoms with E-state index in [0.717, 1.165) is 25.9 Å². The smallest absolute Gasteiger partial charge is 0.227 e. The number of carbonyl (C=O) groups excluding carboxylic acids is 1. The maximum Gasteiger partial charge on any atom is 0.227 e. The monoisotopic (exact) mass is 230 g/mol.